The van der Waals surface area contributed by atoms with E-state index in [1.807, 2.05) is 49.4 Å². The van der Waals surface area contributed by atoms with E-state index in [0.29, 0.717) is 13.1 Å². The first kappa shape index (κ1) is 14.5. The second kappa shape index (κ2) is 7.03. The molecule has 2 N–H and O–H groups in total. The molecule has 1 aromatic carbocycles. The lowest BCUT2D eigenvalue weighted by Crippen LogP contribution is -2.21. The maximum atomic E-state index is 10.1. The number of pyridine rings is 1. The Hall–Kier alpha value is -1.91. The third-order valence-electron chi connectivity index (χ3n) is 3.09. The van der Waals surface area contributed by atoms with Crippen molar-refractivity contribution in [2.24, 2.45) is 0 Å². The summed E-state index contributed by atoms with van der Waals surface area (Å²) in [5.41, 5.74) is 2.85. The van der Waals surface area contributed by atoms with Gasteiger partial charge in [0.15, 0.2) is 0 Å². The molecule has 0 spiro atoms. The van der Waals surface area contributed by atoms with Crippen molar-refractivity contribution in [2.75, 3.05) is 13.7 Å². The molecule has 1 unspecified atom stereocenters. The van der Waals surface area contributed by atoms with E-state index < -0.39 is 6.10 Å². The summed E-state index contributed by atoms with van der Waals surface area (Å²) in [6.45, 7) is 3.10. The number of aryl methyl sites for hydroxylation is 1. The molecule has 2 rings (SSSR count). The van der Waals surface area contributed by atoms with Crippen LogP contribution in [0.4, 0.5) is 0 Å². The summed E-state index contributed by atoms with van der Waals surface area (Å²) in [6, 6.07) is 13.4. The van der Waals surface area contributed by atoms with Crippen LogP contribution < -0.4 is 10.1 Å². The van der Waals surface area contributed by atoms with Crippen molar-refractivity contribution in [3.63, 3.8) is 0 Å². The van der Waals surface area contributed by atoms with Gasteiger partial charge in [-0.2, -0.15) is 0 Å². The minimum Gasteiger partial charge on any atom is -0.497 e. The number of rotatable bonds is 6. The van der Waals surface area contributed by atoms with E-state index in [1.54, 1.807) is 7.11 Å². The molecule has 0 fully saturated rings. The lowest BCUT2D eigenvalue weighted by atomic mass is 10.1. The molecular weight excluding hydrogens is 252 g/mol. The number of aliphatic hydroxyl groups is 1. The van der Waals surface area contributed by atoms with Gasteiger partial charge in [0, 0.05) is 18.8 Å². The molecule has 1 heterocycles. The number of nitrogens with one attached hydrogen (secondary N) is 1. The minimum absolute atomic E-state index is 0.488. The monoisotopic (exact) mass is 272 g/mol. The van der Waals surface area contributed by atoms with E-state index in [2.05, 4.69) is 10.3 Å². The molecule has 1 aromatic heterocycles. The van der Waals surface area contributed by atoms with Crippen molar-refractivity contribution in [3.05, 3.63) is 59.4 Å². The van der Waals surface area contributed by atoms with Gasteiger partial charge in [-0.15, -0.1) is 0 Å². The summed E-state index contributed by atoms with van der Waals surface area (Å²) in [4.78, 5) is 4.40. The van der Waals surface area contributed by atoms with Crippen LogP contribution in [0.1, 0.15) is 23.1 Å². The average Bonchev–Trinajstić information content (AvgIpc) is 2.47. The fourth-order valence-corrected chi connectivity index (χ4v) is 1.98. The van der Waals surface area contributed by atoms with E-state index >= 15 is 0 Å². The third kappa shape index (κ3) is 4.05. The number of nitrogens with zero attached hydrogens (tertiary/aromatic N) is 1. The normalized spacial score (nSPS) is 12.2. The van der Waals surface area contributed by atoms with Gasteiger partial charge in [-0.25, -0.2) is 0 Å². The van der Waals surface area contributed by atoms with Gasteiger partial charge in [0.2, 0.25) is 0 Å². The summed E-state index contributed by atoms with van der Waals surface area (Å²) in [7, 11) is 1.63. The van der Waals surface area contributed by atoms with Gasteiger partial charge in [-0.05, 0) is 36.8 Å². The number of methoxy groups -OCH3 is 1. The molecule has 0 amide bonds. The Balaban J connectivity index is 1.83. The maximum absolute atomic E-state index is 10.1. The summed E-state index contributed by atoms with van der Waals surface area (Å²) in [6.07, 6.45) is -0.536. The highest BCUT2D eigenvalue weighted by molar-refractivity contribution is 5.28. The minimum atomic E-state index is -0.536. The summed E-state index contributed by atoms with van der Waals surface area (Å²) in [5.74, 6) is 0.790. The molecule has 4 heteroatoms. The van der Waals surface area contributed by atoms with Crippen LogP contribution in [0, 0.1) is 6.92 Å². The van der Waals surface area contributed by atoms with Crippen molar-refractivity contribution in [1.29, 1.82) is 0 Å². The molecule has 20 heavy (non-hydrogen) atoms. The number of aromatic nitrogens is 1. The zero-order chi connectivity index (χ0) is 14.4. The highest BCUT2D eigenvalue weighted by Crippen LogP contribution is 2.17. The van der Waals surface area contributed by atoms with Crippen LogP contribution in [-0.2, 0) is 6.54 Å². The summed E-state index contributed by atoms with van der Waals surface area (Å²) < 4.78 is 5.09. The zero-order valence-corrected chi connectivity index (χ0v) is 11.8. The topological polar surface area (TPSA) is 54.4 Å². The fraction of sp³-hybridized carbons (Fsp3) is 0.312. The Kier molecular flexibility index (Phi) is 5.09. The van der Waals surface area contributed by atoms with E-state index in [1.165, 1.54) is 0 Å². The average molecular weight is 272 g/mol. The lowest BCUT2D eigenvalue weighted by molar-refractivity contribution is 0.174. The molecule has 0 radical (unpaired) electrons. The molecule has 0 bridgehead atoms. The van der Waals surface area contributed by atoms with Crippen molar-refractivity contribution in [3.8, 4) is 5.75 Å². The highest BCUT2D eigenvalue weighted by Gasteiger charge is 2.07. The largest absolute Gasteiger partial charge is 0.497 e. The molecule has 0 saturated carbocycles. The Labute approximate surface area is 119 Å². The van der Waals surface area contributed by atoms with E-state index in [9.17, 15) is 5.11 Å². The fourth-order valence-electron chi connectivity index (χ4n) is 1.98. The van der Waals surface area contributed by atoms with Gasteiger partial charge >= 0.3 is 0 Å². The van der Waals surface area contributed by atoms with Gasteiger partial charge in [-0.1, -0.05) is 18.2 Å². The molecule has 0 aliphatic rings. The van der Waals surface area contributed by atoms with Gasteiger partial charge in [0.25, 0.3) is 0 Å². The number of hydrogen-bond acceptors (Lipinski definition) is 4. The van der Waals surface area contributed by atoms with Crippen LogP contribution in [-0.4, -0.2) is 23.7 Å². The number of aliphatic hydroxyl groups excluding tert-OH is 1. The Bertz CT molecular complexity index is 540. The van der Waals surface area contributed by atoms with Crippen LogP contribution in [0.2, 0.25) is 0 Å². The SMILES string of the molecule is COc1ccc(C(O)CNCc2cccc(C)n2)cc1. The first-order chi connectivity index (χ1) is 9.69. The van der Waals surface area contributed by atoms with E-state index in [4.69, 9.17) is 4.74 Å². The molecule has 0 saturated heterocycles. The third-order valence-corrected chi connectivity index (χ3v) is 3.09. The molecule has 2 aromatic rings. The predicted octanol–water partition coefficient (Wildman–Crippen LogP) is 2.22. The molecule has 4 nitrogen and oxygen atoms in total. The molecular formula is C16H20N2O2. The predicted molar refractivity (Wildman–Crippen MR) is 78.6 cm³/mol. The summed E-state index contributed by atoms with van der Waals surface area (Å²) in [5, 5.41) is 13.3. The van der Waals surface area contributed by atoms with Crippen LogP contribution >= 0.6 is 0 Å². The van der Waals surface area contributed by atoms with Gasteiger partial charge in [0.1, 0.15) is 5.75 Å². The summed E-state index contributed by atoms with van der Waals surface area (Å²) >= 11 is 0. The Morgan fingerprint density at radius 1 is 1.20 bits per heavy atom. The Morgan fingerprint density at radius 3 is 2.60 bits per heavy atom. The van der Waals surface area contributed by atoms with E-state index in [0.717, 1.165) is 22.7 Å². The van der Waals surface area contributed by atoms with Crippen LogP contribution in [0.5, 0.6) is 5.75 Å². The standard InChI is InChI=1S/C16H20N2O2/c1-12-4-3-5-14(18-12)10-17-11-16(19)13-6-8-15(20-2)9-7-13/h3-9,16-17,19H,10-11H2,1-2H3. The second-order valence-electron chi connectivity index (χ2n) is 4.69. The zero-order valence-electron chi connectivity index (χ0n) is 11.8. The van der Waals surface area contributed by atoms with Crippen molar-refractivity contribution < 1.29 is 9.84 Å². The first-order valence-electron chi connectivity index (χ1n) is 6.64. The number of benzene rings is 1. The molecule has 0 aliphatic carbocycles. The van der Waals surface area contributed by atoms with Gasteiger partial charge in [0.05, 0.1) is 18.9 Å². The van der Waals surface area contributed by atoms with Crippen molar-refractivity contribution in [1.82, 2.24) is 10.3 Å². The van der Waals surface area contributed by atoms with Crippen LogP contribution in [0.15, 0.2) is 42.5 Å². The second-order valence-corrected chi connectivity index (χ2v) is 4.69. The van der Waals surface area contributed by atoms with Crippen molar-refractivity contribution in [2.45, 2.75) is 19.6 Å². The van der Waals surface area contributed by atoms with Gasteiger partial charge in [-0.3, -0.25) is 4.98 Å². The Morgan fingerprint density at radius 2 is 1.95 bits per heavy atom. The van der Waals surface area contributed by atoms with Gasteiger partial charge < -0.3 is 15.2 Å². The quantitative estimate of drug-likeness (QED) is 0.846. The molecule has 0 aliphatic heterocycles. The number of ether oxygens (including phenoxy) is 1. The molecule has 106 valence electrons. The molecule has 1 atom stereocenters. The van der Waals surface area contributed by atoms with Crippen molar-refractivity contribution >= 4 is 0 Å². The van der Waals surface area contributed by atoms with E-state index in [-0.39, 0.29) is 0 Å². The van der Waals surface area contributed by atoms with Crippen LogP contribution in [0.3, 0.4) is 0 Å². The first-order valence-corrected chi connectivity index (χ1v) is 6.64. The smallest absolute Gasteiger partial charge is 0.118 e. The van der Waals surface area contributed by atoms with Crippen LogP contribution in [0.25, 0.3) is 0 Å². The lowest BCUT2D eigenvalue weighted by Gasteiger charge is -2.12. The maximum Gasteiger partial charge on any atom is 0.118 e. The number of hydrogen-bond donors (Lipinski definition) is 2. The highest BCUT2D eigenvalue weighted by atomic mass is 16.5.